The highest BCUT2D eigenvalue weighted by Gasteiger charge is 2.33. The van der Waals surface area contributed by atoms with Gasteiger partial charge in [0.25, 0.3) is 11.4 Å². The van der Waals surface area contributed by atoms with Crippen molar-refractivity contribution in [3.8, 4) is 28.7 Å². The largest absolute Gasteiger partial charge is 0.496 e. The summed E-state index contributed by atoms with van der Waals surface area (Å²) in [6, 6.07) is 37.0. The molecule has 1 aliphatic rings. The molecule has 0 bridgehead atoms. The molecule has 0 spiro atoms. The average Bonchev–Trinajstić information content (AvgIpc) is 3.64. The normalized spacial score (nSPS) is 13.3. The molecule has 7 aromatic rings. The molecule has 3 aromatic heterocycles. The van der Waals surface area contributed by atoms with Crippen molar-refractivity contribution in [2.45, 2.75) is 78.6 Å². The molecule has 0 fully saturated rings. The van der Waals surface area contributed by atoms with Gasteiger partial charge < -0.3 is 4.74 Å². The molecule has 270 valence electrons. The maximum Gasteiger partial charge on any atom is 0.496 e. The van der Waals surface area contributed by atoms with Gasteiger partial charge in [0, 0.05) is 52.1 Å². The third-order valence-electron chi connectivity index (χ3n) is 9.87. The van der Waals surface area contributed by atoms with Crippen LogP contribution in [-0.2, 0) is 16.2 Å². The Kier molecular flexibility index (Phi) is 8.16. The fourth-order valence-electron chi connectivity index (χ4n) is 6.88. The molecule has 0 saturated heterocycles. The number of benzene rings is 4. The standard InChI is InChI=1S/C46H47N7O/c1-44(2,3)29-22-23-47-40(24-29)53-35-19-12-11-18-32(35)33-26-34(41-48-42(45(4,5)6)50-43(49-41)46(7,8)9)39(27-38(33)53)54-31-17-15-16-30(25-31)52-28-51(10)36-20-13-14-21-37(36)52/h11-27H,1-10H3/q+2. The van der Waals surface area contributed by atoms with Crippen molar-refractivity contribution in [3.05, 3.63) is 120 Å². The van der Waals surface area contributed by atoms with Gasteiger partial charge in [-0.2, -0.15) is 0 Å². The van der Waals surface area contributed by atoms with Crippen LogP contribution >= 0.6 is 0 Å². The highest BCUT2D eigenvalue weighted by molar-refractivity contribution is 6.11. The molecule has 0 saturated carbocycles. The summed E-state index contributed by atoms with van der Waals surface area (Å²) < 4.78 is 13.3. The first-order valence-corrected chi connectivity index (χ1v) is 18.5. The molecule has 8 heteroatoms. The predicted octanol–water partition coefficient (Wildman–Crippen LogP) is 11.0. The van der Waals surface area contributed by atoms with E-state index in [0.29, 0.717) is 17.3 Å². The van der Waals surface area contributed by atoms with Crippen molar-refractivity contribution in [2.75, 3.05) is 7.05 Å². The zero-order valence-corrected chi connectivity index (χ0v) is 32.9. The number of ether oxygens (including phenoxy) is 1. The van der Waals surface area contributed by atoms with E-state index in [-0.39, 0.29) is 16.2 Å². The third kappa shape index (κ3) is 6.26. The van der Waals surface area contributed by atoms with Crippen LogP contribution in [0, 0.1) is 0 Å². The summed E-state index contributed by atoms with van der Waals surface area (Å²) in [6.45, 7) is 19.5. The second kappa shape index (κ2) is 12.6. The fraction of sp³-hybridized carbons (Fsp3) is 0.283. The SMILES string of the molecule is C[N+]1=C=[N+](c2cccc(Oc3cc4c(cc3-c3nc(C(C)(C)C)nc(C(C)(C)C)n3)c3ccccc3n4-c3cc(C(C)(C)C)ccn3)c2)c2ccccc21. The molecule has 8 rings (SSSR count). The lowest BCUT2D eigenvalue weighted by Crippen LogP contribution is -2.24. The summed E-state index contributed by atoms with van der Waals surface area (Å²) >= 11 is 0. The van der Waals surface area contributed by atoms with E-state index < -0.39 is 0 Å². The van der Waals surface area contributed by atoms with Crippen molar-refractivity contribution in [2.24, 2.45) is 0 Å². The lowest BCUT2D eigenvalue weighted by molar-refractivity contribution is -0.394. The molecule has 4 aromatic carbocycles. The Hall–Kier alpha value is -5.98. The van der Waals surface area contributed by atoms with E-state index in [1.54, 1.807) is 0 Å². The molecule has 4 heterocycles. The van der Waals surface area contributed by atoms with Crippen molar-refractivity contribution >= 4 is 44.9 Å². The Morgan fingerprint density at radius 2 is 1.31 bits per heavy atom. The Morgan fingerprint density at radius 3 is 2.02 bits per heavy atom. The molecule has 0 amide bonds. The van der Waals surface area contributed by atoms with Crippen LogP contribution in [-0.4, -0.2) is 42.1 Å². The molecule has 0 radical (unpaired) electrons. The minimum absolute atomic E-state index is 0.0450. The minimum atomic E-state index is -0.302. The first-order valence-electron chi connectivity index (χ1n) is 18.5. The van der Waals surface area contributed by atoms with Crippen LogP contribution < -0.4 is 9.31 Å². The average molecular weight is 714 g/mol. The summed E-state index contributed by atoms with van der Waals surface area (Å²) in [7, 11) is 2.01. The number of fused-ring (bicyclic) bond motifs is 4. The first-order chi connectivity index (χ1) is 25.6. The Balaban J connectivity index is 1.39. The van der Waals surface area contributed by atoms with Crippen LogP contribution in [0.5, 0.6) is 11.5 Å². The summed E-state index contributed by atoms with van der Waals surface area (Å²) in [6.07, 6.45) is 1.91. The zero-order valence-electron chi connectivity index (χ0n) is 32.9. The van der Waals surface area contributed by atoms with E-state index in [0.717, 1.165) is 61.9 Å². The van der Waals surface area contributed by atoms with Crippen LogP contribution in [0.3, 0.4) is 0 Å². The summed E-state index contributed by atoms with van der Waals surface area (Å²) in [5.41, 5.74) is 6.46. The lowest BCUT2D eigenvalue weighted by Gasteiger charge is -2.23. The molecule has 0 atom stereocenters. The number of nitrogens with zero attached hydrogens (tertiary/aromatic N) is 7. The summed E-state index contributed by atoms with van der Waals surface area (Å²) in [4.78, 5) is 20.2. The van der Waals surface area contributed by atoms with E-state index in [1.807, 2.05) is 42.1 Å². The van der Waals surface area contributed by atoms with Gasteiger partial charge in [0.15, 0.2) is 12.9 Å². The molecule has 8 nitrogen and oxygen atoms in total. The molecule has 0 aliphatic carbocycles. The molecule has 0 N–H and O–H groups in total. The monoisotopic (exact) mass is 713 g/mol. The fourth-order valence-corrected chi connectivity index (χ4v) is 6.88. The molecular weight excluding hydrogens is 667 g/mol. The maximum absolute atomic E-state index is 7.00. The second-order valence-corrected chi connectivity index (χ2v) is 17.3. The molecule has 0 unspecified atom stereocenters. The van der Waals surface area contributed by atoms with Crippen molar-refractivity contribution in [3.63, 3.8) is 0 Å². The number of pyridine rings is 1. The van der Waals surface area contributed by atoms with Gasteiger partial charge in [0.2, 0.25) is 5.69 Å². The van der Waals surface area contributed by atoms with Gasteiger partial charge in [-0.1, -0.05) is 103 Å². The zero-order chi connectivity index (χ0) is 38.2. The summed E-state index contributed by atoms with van der Waals surface area (Å²) in [5.74, 6) is 4.21. The van der Waals surface area contributed by atoms with Gasteiger partial charge in [-0.25, -0.2) is 19.9 Å². The quantitative estimate of drug-likeness (QED) is 0.166. The number of aromatic nitrogens is 5. The third-order valence-corrected chi connectivity index (χ3v) is 9.87. The number of hydrogen-bond acceptors (Lipinski definition) is 5. The minimum Gasteiger partial charge on any atom is -0.456 e. The van der Waals surface area contributed by atoms with Crippen LogP contribution in [0.1, 0.15) is 79.5 Å². The van der Waals surface area contributed by atoms with E-state index in [1.165, 1.54) is 5.56 Å². The Labute approximate surface area is 317 Å². The van der Waals surface area contributed by atoms with Crippen LogP contribution in [0.25, 0.3) is 39.0 Å². The smallest absolute Gasteiger partial charge is 0.456 e. The van der Waals surface area contributed by atoms with Gasteiger partial charge >= 0.3 is 6.01 Å². The number of hydrogen-bond donors (Lipinski definition) is 0. The van der Waals surface area contributed by atoms with E-state index in [4.69, 9.17) is 24.7 Å². The predicted molar refractivity (Wildman–Crippen MR) is 219 cm³/mol. The van der Waals surface area contributed by atoms with E-state index in [9.17, 15) is 0 Å². The van der Waals surface area contributed by atoms with E-state index >= 15 is 0 Å². The Bertz CT molecular complexity index is 2660. The maximum atomic E-state index is 7.00. The van der Waals surface area contributed by atoms with Crippen LogP contribution in [0.4, 0.5) is 17.1 Å². The van der Waals surface area contributed by atoms with Gasteiger partial charge in [0.05, 0.1) is 22.7 Å². The number of rotatable bonds is 5. The van der Waals surface area contributed by atoms with Gasteiger partial charge in [-0.3, -0.25) is 4.57 Å². The Morgan fingerprint density at radius 1 is 0.630 bits per heavy atom. The van der Waals surface area contributed by atoms with Crippen LogP contribution in [0.2, 0.25) is 0 Å². The molecule has 1 aliphatic heterocycles. The number of para-hydroxylation sites is 3. The van der Waals surface area contributed by atoms with Crippen molar-refractivity contribution in [1.82, 2.24) is 29.1 Å². The van der Waals surface area contributed by atoms with Gasteiger partial charge in [-0.15, -0.1) is 0 Å². The molecule has 54 heavy (non-hydrogen) atoms. The first kappa shape index (κ1) is 35.1. The summed E-state index contributed by atoms with van der Waals surface area (Å²) in [5, 5.41) is 2.16. The topological polar surface area (TPSA) is 71.7 Å². The van der Waals surface area contributed by atoms with Crippen molar-refractivity contribution in [1.29, 1.82) is 0 Å². The van der Waals surface area contributed by atoms with E-state index in [2.05, 4.69) is 150 Å². The van der Waals surface area contributed by atoms with Gasteiger partial charge in [0.1, 0.15) is 29.0 Å². The highest BCUT2D eigenvalue weighted by atomic mass is 16.5. The lowest BCUT2D eigenvalue weighted by atomic mass is 9.88. The molecular formula is C46H47N7O+2. The highest BCUT2D eigenvalue weighted by Crippen LogP contribution is 2.42. The van der Waals surface area contributed by atoms with Crippen molar-refractivity contribution < 1.29 is 9.31 Å². The van der Waals surface area contributed by atoms with Crippen LogP contribution in [0.15, 0.2) is 103 Å². The second-order valence-electron chi connectivity index (χ2n) is 17.3. The van der Waals surface area contributed by atoms with Gasteiger partial charge in [-0.05, 0) is 45.9 Å².